The van der Waals surface area contributed by atoms with Crippen molar-refractivity contribution in [1.82, 2.24) is 9.88 Å². The van der Waals surface area contributed by atoms with Crippen molar-refractivity contribution in [3.63, 3.8) is 0 Å². The second-order valence-electron chi connectivity index (χ2n) is 5.04. The van der Waals surface area contributed by atoms with Crippen molar-refractivity contribution in [2.45, 2.75) is 6.42 Å². The average molecular weight is 339 g/mol. The lowest BCUT2D eigenvalue weighted by Crippen LogP contribution is -2.14. The first-order valence-corrected chi connectivity index (χ1v) is 7.22. The zero-order valence-corrected chi connectivity index (χ0v) is 13.7. The third-order valence-corrected chi connectivity index (χ3v) is 3.25. The molecule has 0 aliphatic rings. The number of hydrogen-bond acceptors (Lipinski definition) is 3. The number of carboxylic acid groups (broad SMARTS) is 2. The van der Waals surface area contributed by atoms with Gasteiger partial charge in [-0.2, -0.15) is 0 Å². The predicted octanol–water partition coefficient (Wildman–Crippen LogP) is 2.64. The maximum absolute atomic E-state index is 9.55. The van der Waals surface area contributed by atoms with Crippen LogP contribution in [0.1, 0.15) is 5.56 Å². The van der Waals surface area contributed by atoms with E-state index in [1.807, 2.05) is 12.1 Å². The van der Waals surface area contributed by atoms with Gasteiger partial charge in [0.2, 0.25) is 0 Å². The lowest BCUT2D eigenvalue weighted by molar-refractivity contribution is -0.134. The molecule has 0 unspecified atom stereocenters. The van der Waals surface area contributed by atoms with Crippen molar-refractivity contribution in [3.8, 4) is 0 Å². The predicted molar refractivity (Wildman–Crippen MR) is 90.0 cm³/mol. The molecule has 0 aliphatic carbocycles. The zero-order chi connectivity index (χ0) is 17.4. The Morgan fingerprint density at radius 2 is 1.83 bits per heavy atom. The maximum Gasteiger partial charge on any atom is 0.328 e. The van der Waals surface area contributed by atoms with E-state index in [1.54, 1.807) is 0 Å². The number of halogens is 1. The van der Waals surface area contributed by atoms with Crippen LogP contribution in [0.15, 0.2) is 36.5 Å². The van der Waals surface area contributed by atoms with Crippen LogP contribution in [0, 0.1) is 0 Å². The van der Waals surface area contributed by atoms with Crippen molar-refractivity contribution >= 4 is 34.4 Å². The quantitative estimate of drug-likeness (QED) is 0.729. The molecule has 0 saturated carbocycles. The van der Waals surface area contributed by atoms with Gasteiger partial charge in [0.05, 0.1) is 5.02 Å². The van der Waals surface area contributed by atoms with Gasteiger partial charge in [-0.3, -0.25) is 0 Å². The highest BCUT2D eigenvalue weighted by molar-refractivity contribution is 6.35. The lowest BCUT2D eigenvalue weighted by atomic mass is 10.1. The number of aliphatic carboxylic acids is 2. The molecule has 0 amide bonds. The first-order valence-electron chi connectivity index (χ1n) is 6.84. The van der Waals surface area contributed by atoms with Crippen LogP contribution < -0.4 is 0 Å². The number of aromatic nitrogens is 1. The SMILES string of the molecule is CN(C)CCc1c[nH]c2cccc(Cl)c12.O=C(O)/C=C/C(=O)O. The minimum Gasteiger partial charge on any atom is -0.478 e. The number of nitrogens with one attached hydrogen (secondary N) is 1. The second kappa shape index (κ2) is 8.97. The summed E-state index contributed by atoms with van der Waals surface area (Å²) in [6.07, 6.45) is 4.20. The molecule has 1 aromatic carbocycles. The fourth-order valence-corrected chi connectivity index (χ4v) is 2.19. The third kappa shape index (κ3) is 6.54. The molecule has 0 aliphatic heterocycles. The number of nitrogens with zero attached hydrogens (tertiary/aromatic N) is 1. The van der Waals surface area contributed by atoms with Crippen molar-refractivity contribution in [3.05, 3.63) is 47.1 Å². The van der Waals surface area contributed by atoms with E-state index in [0.717, 1.165) is 23.5 Å². The normalized spacial score (nSPS) is 10.8. The summed E-state index contributed by atoms with van der Waals surface area (Å²) in [5.74, 6) is -2.51. The van der Waals surface area contributed by atoms with E-state index >= 15 is 0 Å². The van der Waals surface area contributed by atoms with Crippen molar-refractivity contribution in [2.75, 3.05) is 20.6 Å². The monoisotopic (exact) mass is 338 g/mol. The van der Waals surface area contributed by atoms with Crippen LogP contribution in [0.2, 0.25) is 5.02 Å². The molecule has 7 heteroatoms. The average Bonchev–Trinajstić information content (AvgIpc) is 2.88. The minimum absolute atomic E-state index is 0.558. The van der Waals surface area contributed by atoms with E-state index in [2.05, 4.69) is 36.2 Å². The Bertz CT molecular complexity index is 691. The number of carbonyl (C=O) groups is 2. The molecule has 6 nitrogen and oxygen atoms in total. The molecule has 0 atom stereocenters. The van der Waals surface area contributed by atoms with Crippen LogP contribution >= 0.6 is 11.6 Å². The Morgan fingerprint density at radius 3 is 2.35 bits per heavy atom. The molecule has 0 bridgehead atoms. The highest BCUT2D eigenvalue weighted by Gasteiger charge is 2.06. The molecule has 1 heterocycles. The van der Waals surface area contributed by atoms with Crippen molar-refractivity contribution in [1.29, 1.82) is 0 Å². The Labute approximate surface area is 139 Å². The van der Waals surface area contributed by atoms with Crippen molar-refractivity contribution < 1.29 is 19.8 Å². The van der Waals surface area contributed by atoms with Crippen LogP contribution in [0.4, 0.5) is 0 Å². The molecule has 2 aromatic rings. The topological polar surface area (TPSA) is 93.6 Å². The molecule has 0 spiro atoms. The van der Waals surface area contributed by atoms with Gasteiger partial charge in [0.25, 0.3) is 0 Å². The summed E-state index contributed by atoms with van der Waals surface area (Å²) in [5, 5.41) is 17.6. The van der Waals surface area contributed by atoms with Crippen LogP contribution in [0.5, 0.6) is 0 Å². The summed E-state index contributed by atoms with van der Waals surface area (Å²) in [4.78, 5) is 24.5. The van der Waals surface area contributed by atoms with Gasteiger partial charge in [-0.1, -0.05) is 17.7 Å². The summed E-state index contributed by atoms with van der Waals surface area (Å²) < 4.78 is 0. The van der Waals surface area contributed by atoms with E-state index in [-0.39, 0.29) is 0 Å². The standard InChI is InChI=1S/C12H15ClN2.C4H4O4/c1-15(2)7-6-9-8-14-11-5-3-4-10(13)12(9)11;5-3(6)1-2-4(7)8/h3-5,8,14H,6-7H2,1-2H3;1-2H,(H,5,6)(H,7,8)/b;2-1+. The first-order chi connectivity index (χ1) is 10.8. The lowest BCUT2D eigenvalue weighted by Gasteiger charge is -2.08. The zero-order valence-electron chi connectivity index (χ0n) is 12.9. The molecule has 0 saturated heterocycles. The van der Waals surface area contributed by atoms with Gasteiger partial charge in [-0.05, 0) is 38.2 Å². The molecule has 0 fully saturated rings. The van der Waals surface area contributed by atoms with Gasteiger partial charge in [0.15, 0.2) is 0 Å². The smallest absolute Gasteiger partial charge is 0.328 e. The first kappa shape index (κ1) is 18.7. The summed E-state index contributed by atoms with van der Waals surface area (Å²) in [5.41, 5.74) is 2.42. The van der Waals surface area contributed by atoms with Crippen LogP contribution in [0.25, 0.3) is 10.9 Å². The number of likely N-dealkylation sites (N-methyl/N-ethyl adjacent to an activating group) is 1. The Balaban J connectivity index is 0.000000284. The Hall–Kier alpha value is -2.31. The van der Waals surface area contributed by atoms with Crippen LogP contribution in [0.3, 0.4) is 0 Å². The summed E-state index contributed by atoms with van der Waals surface area (Å²) in [6.45, 7) is 1.04. The number of rotatable bonds is 5. The van der Waals surface area contributed by atoms with Crippen molar-refractivity contribution in [2.24, 2.45) is 0 Å². The number of hydrogen-bond donors (Lipinski definition) is 3. The number of fused-ring (bicyclic) bond motifs is 1. The second-order valence-corrected chi connectivity index (χ2v) is 5.45. The largest absolute Gasteiger partial charge is 0.478 e. The van der Waals surface area contributed by atoms with E-state index in [0.29, 0.717) is 12.2 Å². The Morgan fingerprint density at radius 1 is 1.22 bits per heavy atom. The van der Waals surface area contributed by atoms with Gasteiger partial charge in [-0.25, -0.2) is 9.59 Å². The van der Waals surface area contributed by atoms with E-state index in [1.165, 1.54) is 10.9 Å². The fraction of sp³-hybridized carbons (Fsp3) is 0.250. The fourth-order valence-electron chi connectivity index (χ4n) is 1.89. The maximum atomic E-state index is 9.55. The molecule has 2 rings (SSSR count). The molecular weight excluding hydrogens is 320 g/mol. The summed E-state index contributed by atoms with van der Waals surface area (Å²) in [6, 6.07) is 5.97. The van der Waals surface area contributed by atoms with E-state index in [4.69, 9.17) is 21.8 Å². The minimum atomic E-state index is -1.26. The summed E-state index contributed by atoms with van der Waals surface area (Å²) >= 11 is 6.19. The molecule has 0 radical (unpaired) electrons. The molecule has 1 aromatic heterocycles. The van der Waals surface area contributed by atoms with Crippen LogP contribution in [-0.4, -0.2) is 52.7 Å². The molecular formula is C16H19ClN2O4. The Kier molecular flexibility index (Phi) is 7.31. The van der Waals surface area contributed by atoms with E-state index < -0.39 is 11.9 Å². The van der Waals surface area contributed by atoms with Gasteiger partial charge in [0.1, 0.15) is 0 Å². The highest BCUT2D eigenvalue weighted by atomic mass is 35.5. The van der Waals surface area contributed by atoms with Gasteiger partial charge >= 0.3 is 11.9 Å². The van der Waals surface area contributed by atoms with Gasteiger partial charge < -0.3 is 20.1 Å². The number of carboxylic acids is 2. The summed E-state index contributed by atoms with van der Waals surface area (Å²) in [7, 11) is 4.16. The highest BCUT2D eigenvalue weighted by Crippen LogP contribution is 2.26. The van der Waals surface area contributed by atoms with E-state index in [9.17, 15) is 9.59 Å². The molecule has 3 N–H and O–H groups in total. The molecule has 23 heavy (non-hydrogen) atoms. The van der Waals surface area contributed by atoms with Gasteiger partial charge in [0, 0.05) is 35.8 Å². The van der Waals surface area contributed by atoms with Crippen LogP contribution in [-0.2, 0) is 16.0 Å². The third-order valence-electron chi connectivity index (χ3n) is 2.93. The number of benzene rings is 1. The number of H-pyrrole nitrogens is 1. The van der Waals surface area contributed by atoms with Gasteiger partial charge in [-0.15, -0.1) is 0 Å². The molecule has 124 valence electrons. The number of aromatic amines is 1.